The molecule has 0 radical (unpaired) electrons. The number of ketones is 1. The highest BCUT2D eigenvalue weighted by molar-refractivity contribution is 7.89. The van der Waals surface area contributed by atoms with Gasteiger partial charge in [0.15, 0.2) is 5.78 Å². The fourth-order valence-electron chi connectivity index (χ4n) is 2.16. The number of Topliss-reactive ketones (excluding diaryl/α,β-unsaturated/α-hetero) is 1. The van der Waals surface area contributed by atoms with Gasteiger partial charge in [-0.1, -0.05) is 0 Å². The maximum absolute atomic E-state index is 12.4. The third kappa shape index (κ3) is 5.96. The summed E-state index contributed by atoms with van der Waals surface area (Å²) in [6.07, 6.45) is 0. The van der Waals surface area contributed by atoms with Crippen molar-refractivity contribution >= 4 is 33.1 Å². The molecule has 0 aliphatic carbocycles. The van der Waals surface area contributed by atoms with Crippen LogP contribution in [0.1, 0.15) is 13.8 Å². The van der Waals surface area contributed by atoms with Crippen molar-refractivity contribution in [1.82, 2.24) is 0 Å². The van der Waals surface area contributed by atoms with Crippen LogP contribution in [-0.2, 0) is 19.6 Å². The van der Waals surface area contributed by atoms with Gasteiger partial charge in [0.25, 0.3) is 5.91 Å². The number of nitrogens with one attached hydrogen (secondary N) is 1. The lowest BCUT2D eigenvalue weighted by atomic mass is 10.2. The minimum absolute atomic E-state index is 0.0807. The van der Waals surface area contributed by atoms with Crippen molar-refractivity contribution in [2.24, 2.45) is 15.4 Å². The molecular weight excluding hydrogens is 384 g/mol. The molecule has 0 fully saturated rings. The summed E-state index contributed by atoms with van der Waals surface area (Å²) in [7, 11) is -3.82. The molecule has 0 saturated carbocycles. The third-order valence-electron chi connectivity index (χ3n) is 3.52. The maximum atomic E-state index is 12.4. The molecule has 0 aliphatic rings. The van der Waals surface area contributed by atoms with Crippen molar-refractivity contribution in [1.29, 1.82) is 0 Å². The standard InChI is InChI=1S/C18H20N4O5S/c1-3-27-15-8-4-13(5-9-15)20-18(24)17(12(2)23)22-21-14-6-10-16(11-7-14)28(19,25)26/h4-11,17H,3H2,1-2H3,(H,20,24)(H2,19,25,26)/t17-/m0/s1. The Labute approximate surface area is 162 Å². The lowest BCUT2D eigenvalue weighted by Crippen LogP contribution is -2.31. The molecule has 0 aromatic heterocycles. The fourth-order valence-corrected chi connectivity index (χ4v) is 2.67. The molecule has 0 spiro atoms. The quantitative estimate of drug-likeness (QED) is 0.513. The van der Waals surface area contributed by atoms with Gasteiger partial charge < -0.3 is 10.1 Å². The summed E-state index contributed by atoms with van der Waals surface area (Å²) >= 11 is 0. The van der Waals surface area contributed by atoms with E-state index in [1.807, 2.05) is 6.92 Å². The summed E-state index contributed by atoms with van der Waals surface area (Å²) < 4.78 is 27.8. The second kappa shape index (κ2) is 9.20. The van der Waals surface area contributed by atoms with Gasteiger partial charge in [-0.2, -0.15) is 10.2 Å². The predicted molar refractivity (Wildman–Crippen MR) is 103 cm³/mol. The van der Waals surface area contributed by atoms with Crippen molar-refractivity contribution in [3.63, 3.8) is 0 Å². The molecule has 0 aliphatic heterocycles. The predicted octanol–water partition coefficient (Wildman–Crippen LogP) is 2.41. The number of amides is 1. The van der Waals surface area contributed by atoms with E-state index in [0.717, 1.165) is 0 Å². The molecule has 2 aromatic carbocycles. The van der Waals surface area contributed by atoms with Crippen LogP contribution in [0.2, 0.25) is 0 Å². The Hall–Kier alpha value is -3.11. The molecule has 148 valence electrons. The summed E-state index contributed by atoms with van der Waals surface area (Å²) in [5.41, 5.74) is 0.750. The second-order valence-corrected chi connectivity index (χ2v) is 7.28. The molecule has 0 heterocycles. The van der Waals surface area contributed by atoms with Gasteiger partial charge in [0, 0.05) is 5.69 Å². The first-order chi connectivity index (χ1) is 13.2. The molecule has 10 heteroatoms. The van der Waals surface area contributed by atoms with Crippen LogP contribution >= 0.6 is 0 Å². The smallest absolute Gasteiger partial charge is 0.258 e. The fraction of sp³-hybridized carbons (Fsp3) is 0.222. The Bertz CT molecular complexity index is 970. The van der Waals surface area contributed by atoms with E-state index in [4.69, 9.17) is 9.88 Å². The van der Waals surface area contributed by atoms with Crippen molar-refractivity contribution in [3.05, 3.63) is 48.5 Å². The number of ether oxygens (including phenoxy) is 1. The highest BCUT2D eigenvalue weighted by atomic mass is 32.2. The summed E-state index contributed by atoms with van der Waals surface area (Å²) in [6, 6.07) is 10.6. The van der Waals surface area contributed by atoms with Crippen LogP contribution in [0.15, 0.2) is 63.7 Å². The van der Waals surface area contributed by atoms with E-state index in [1.165, 1.54) is 31.2 Å². The summed E-state index contributed by atoms with van der Waals surface area (Å²) in [5.74, 6) is -0.471. The van der Waals surface area contributed by atoms with Gasteiger partial charge in [-0.05, 0) is 62.4 Å². The topological polar surface area (TPSA) is 140 Å². The van der Waals surface area contributed by atoms with Gasteiger partial charge in [-0.3, -0.25) is 9.59 Å². The number of carbonyl (C=O) groups excluding carboxylic acids is 2. The normalized spacial score (nSPS) is 12.5. The van der Waals surface area contributed by atoms with Crippen LogP contribution in [0, 0.1) is 0 Å². The molecule has 2 aromatic rings. The van der Waals surface area contributed by atoms with Crippen LogP contribution < -0.4 is 15.2 Å². The highest BCUT2D eigenvalue weighted by Crippen LogP contribution is 2.18. The van der Waals surface area contributed by atoms with Crippen molar-refractivity contribution in [2.45, 2.75) is 24.8 Å². The van der Waals surface area contributed by atoms with Crippen LogP contribution in [-0.4, -0.2) is 32.8 Å². The average molecular weight is 404 g/mol. The lowest BCUT2D eigenvalue weighted by Gasteiger charge is -2.10. The van der Waals surface area contributed by atoms with E-state index < -0.39 is 27.8 Å². The Morgan fingerprint density at radius 1 is 1.11 bits per heavy atom. The average Bonchev–Trinajstić information content (AvgIpc) is 2.63. The number of hydrogen-bond acceptors (Lipinski definition) is 7. The Morgan fingerprint density at radius 3 is 2.21 bits per heavy atom. The van der Waals surface area contributed by atoms with Crippen molar-refractivity contribution in [2.75, 3.05) is 11.9 Å². The number of anilines is 1. The van der Waals surface area contributed by atoms with Gasteiger partial charge in [0.05, 0.1) is 17.2 Å². The zero-order valence-corrected chi connectivity index (χ0v) is 16.1. The molecule has 1 atom stereocenters. The number of nitrogens with two attached hydrogens (primary N) is 1. The van der Waals surface area contributed by atoms with E-state index in [-0.39, 0.29) is 10.6 Å². The first kappa shape index (κ1) is 21.2. The minimum atomic E-state index is -3.82. The molecule has 0 saturated heterocycles. The minimum Gasteiger partial charge on any atom is -0.494 e. The molecule has 1 amide bonds. The number of primary sulfonamides is 1. The Balaban J connectivity index is 2.10. The lowest BCUT2D eigenvalue weighted by molar-refractivity contribution is -0.126. The number of sulfonamides is 1. The molecule has 28 heavy (non-hydrogen) atoms. The molecule has 2 rings (SSSR count). The zero-order chi connectivity index (χ0) is 20.7. The molecular formula is C18H20N4O5S. The molecule has 9 nitrogen and oxygen atoms in total. The Morgan fingerprint density at radius 2 is 1.71 bits per heavy atom. The largest absolute Gasteiger partial charge is 0.494 e. The van der Waals surface area contributed by atoms with E-state index in [1.54, 1.807) is 24.3 Å². The zero-order valence-electron chi connectivity index (χ0n) is 15.3. The number of nitrogens with zero attached hydrogens (tertiary/aromatic N) is 2. The SMILES string of the molecule is CCOc1ccc(NC(=O)[C@@H](N=Nc2ccc(S(N)(=O)=O)cc2)C(C)=O)cc1. The molecule has 0 unspecified atom stereocenters. The van der Waals surface area contributed by atoms with Crippen LogP contribution in [0.4, 0.5) is 11.4 Å². The number of carbonyl (C=O) groups is 2. The van der Waals surface area contributed by atoms with E-state index in [9.17, 15) is 18.0 Å². The van der Waals surface area contributed by atoms with Crippen molar-refractivity contribution < 1.29 is 22.7 Å². The number of hydrogen-bond donors (Lipinski definition) is 2. The van der Waals surface area contributed by atoms with E-state index >= 15 is 0 Å². The monoisotopic (exact) mass is 404 g/mol. The van der Waals surface area contributed by atoms with Gasteiger partial charge in [-0.15, -0.1) is 0 Å². The van der Waals surface area contributed by atoms with Gasteiger partial charge in [0.2, 0.25) is 16.1 Å². The summed E-state index contributed by atoms with van der Waals surface area (Å²) in [5, 5.41) is 15.2. The second-order valence-electron chi connectivity index (χ2n) is 5.71. The Kier molecular flexibility index (Phi) is 6.96. The van der Waals surface area contributed by atoms with Gasteiger partial charge >= 0.3 is 0 Å². The summed E-state index contributed by atoms with van der Waals surface area (Å²) in [6.45, 7) is 3.61. The first-order valence-electron chi connectivity index (χ1n) is 8.28. The van der Waals surface area contributed by atoms with Crippen molar-refractivity contribution in [3.8, 4) is 5.75 Å². The van der Waals surface area contributed by atoms with Crippen LogP contribution in [0.5, 0.6) is 5.75 Å². The third-order valence-corrected chi connectivity index (χ3v) is 4.45. The van der Waals surface area contributed by atoms with Gasteiger partial charge in [-0.25, -0.2) is 13.6 Å². The van der Waals surface area contributed by atoms with Crippen LogP contribution in [0.25, 0.3) is 0 Å². The van der Waals surface area contributed by atoms with E-state index in [2.05, 4.69) is 15.5 Å². The first-order valence-corrected chi connectivity index (χ1v) is 9.83. The maximum Gasteiger partial charge on any atom is 0.258 e. The number of azo groups is 1. The van der Waals surface area contributed by atoms with Gasteiger partial charge in [0.1, 0.15) is 5.75 Å². The number of benzene rings is 2. The highest BCUT2D eigenvalue weighted by Gasteiger charge is 2.23. The number of rotatable bonds is 8. The van der Waals surface area contributed by atoms with Crippen LogP contribution in [0.3, 0.4) is 0 Å². The van der Waals surface area contributed by atoms with E-state index in [0.29, 0.717) is 18.0 Å². The summed E-state index contributed by atoms with van der Waals surface area (Å²) in [4.78, 5) is 24.1. The molecule has 3 N–H and O–H groups in total. The molecule has 0 bridgehead atoms.